The molecule has 0 bridgehead atoms. The molecule has 24 heavy (non-hydrogen) atoms. The third-order valence-electron chi connectivity index (χ3n) is 3.40. The van der Waals surface area contributed by atoms with E-state index in [1.165, 1.54) is 0 Å². The molecular formula is C19H22O5. The van der Waals surface area contributed by atoms with Gasteiger partial charge < -0.3 is 19.3 Å². The Morgan fingerprint density at radius 2 is 1.83 bits per heavy atom. The number of hydrogen-bond donors (Lipinski definition) is 1. The number of carbonyl (C=O) groups excluding carboxylic acids is 1. The van der Waals surface area contributed by atoms with Gasteiger partial charge in [0.1, 0.15) is 31.3 Å². The number of carbonyl (C=O) groups is 1. The molecule has 0 radical (unpaired) electrons. The lowest BCUT2D eigenvalue weighted by atomic mass is 10.0. The van der Waals surface area contributed by atoms with Crippen LogP contribution in [0.5, 0.6) is 11.5 Å². The molecule has 5 nitrogen and oxygen atoms in total. The molecule has 0 aromatic heterocycles. The van der Waals surface area contributed by atoms with Crippen LogP contribution in [0.25, 0.3) is 10.8 Å². The van der Waals surface area contributed by atoms with Crippen LogP contribution in [0.15, 0.2) is 42.5 Å². The zero-order valence-electron chi connectivity index (χ0n) is 14.0. The molecule has 0 unspecified atom stereocenters. The van der Waals surface area contributed by atoms with Crippen LogP contribution >= 0.6 is 0 Å². The van der Waals surface area contributed by atoms with Gasteiger partial charge in [-0.25, -0.2) is 4.79 Å². The molecule has 0 aliphatic carbocycles. The average molecular weight is 330 g/mol. The Labute approximate surface area is 141 Å². The fourth-order valence-electron chi connectivity index (χ4n) is 2.32. The van der Waals surface area contributed by atoms with Crippen LogP contribution in [-0.4, -0.2) is 37.5 Å². The maximum absolute atomic E-state index is 11.4. The standard InChI is InChI=1S/C19H22O5/c1-13(2)19(21)24-11-10-23-18-14(3)12-17(22-9-8-20)15-6-4-5-7-16(15)18/h4-7,12,20H,1,8-11H2,2-3H3. The Bertz CT molecular complexity index is 736. The predicted molar refractivity (Wildman–Crippen MR) is 92.5 cm³/mol. The number of rotatable bonds is 8. The second-order valence-electron chi connectivity index (χ2n) is 5.40. The van der Waals surface area contributed by atoms with E-state index in [1.807, 2.05) is 37.3 Å². The maximum atomic E-state index is 11.4. The second-order valence-corrected chi connectivity index (χ2v) is 5.40. The van der Waals surface area contributed by atoms with Gasteiger partial charge in [0.25, 0.3) is 0 Å². The SMILES string of the molecule is C=C(C)C(=O)OCCOc1c(C)cc(OCCO)c2ccccc12. The number of esters is 1. The minimum absolute atomic E-state index is 0.0420. The first-order chi connectivity index (χ1) is 11.5. The molecule has 0 atom stereocenters. The van der Waals surface area contributed by atoms with Gasteiger partial charge in [-0.05, 0) is 25.5 Å². The number of benzene rings is 2. The molecule has 0 amide bonds. The van der Waals surface area contributed by atoms with Crippen molar-refractivity contribution in [2.45, 2.75) is 13.8 Å². The summed E-state index contributed by atoms with van der Waals surface area (Å²) in [7, 11) is 0. The number of aliphatic hydroxyl groups is 1. The smallest absolute Gasteiger partial charge is 0.333 e. The van der Waals surface area contributed by atoms with Gasteiger partial charge in [0.05, 0.1) is 6.61 Å². The van der Waals surface area contributed by atoms with Crippen molar-refractivity contribution in [1.82, 2.24) is 0 Å². The molecule has 0 aliphatic heterocycles. The predicted octanol–water partition coefficient (Wildman–Crippen LogP) is 3.02. The largest absolute Gasteiger partial charge is 0.491 e. The van der Waals surface area contributed by atoms with E-state index in [0.717, 1.165) is 22.1 Å². The summed E-state index contributed by atoms with van der Waals surface area (Å²) < 4.78 is 16.5. The molecule has 0 saturated heterocycles. The highest BCUT2D eigenvalue weighted by atomic mass is 16.6. The Morgan fingerprint density at radius 1 is 1.12 bits per heavy atom. The normalized spacial score (nSPS) is 10.5. The lowest BCUT2D eigenvalue weighted by molar-refractivity contribution is -0.139. The van der Waals surface area contributed by atoms with Crippen molar-refractivity contribution in [3.8, 4) is 11.5 Å². The third kappa shape index (κ3) is 4.26. The van der Waals surface area contributed by atoms with Gasteiger partial charge in [0.2, 0.25) is 0 Å². The van der Waals surface area contributed by atoms with Crippen molar-refractivity contribution in [2.24, 2.45) is 0 Å². The molecule has 0 aliphatic rings. The first kappa shape index (κ1) is 17.8. The van der Waals surface area contributed by atoms with E-state index in [1.54, 1.807) is 6.92 Å². The van der Waals surface area contributed by atoms with Crippen molar-refractivity contribution >= 4 is 16.7 Å². The monoisotopic (exact) mass is 330 g/mol. The first-order valence-corrected chi connectivity index (χ1v) is 7.76. The van der Waals surface area contributed by atoms with Crippen LogP contribution in [0.1, 0.15) is 12.5 Å². The number of hydrogen-bond acceptors (Lipinski definition) is 5. The van der Waals surface area contributed by atoms with Gasteiger partial charge in [-0.1, -0.05) is 30.8 Å². The second kappa shape index (κ2) is 8.36. The minimum atomic E-state index is -0.423. The minimum Gasteiger partial charge on any atom is -0.491 e. The van der Waals surface area contributed by atoms with Crippen LogP contribution in [-0.2, 0) is 9.53 Å². The van der Waals surface area contributed by atoms with Gasteiger partial charge in [0, 0.05) is 16.3 Å². The molecule has 128 valence electrons. The molecule has 0 spiro atoms. The fourth-order valence-corrected chi connectivity index (χ4v) is 2.32. The summed E-state index contributed by atoms with van der Waals surface area (Å²) in [6.45, 7) is 7.66. The topological polar surface area (TPSA) is 65.0 Å². The quantitative estimate of drug-likeness (QED) is 0.458. The molecule has 5 heteroatoms. The number of fused-ring (bicyclic) bond motifs is 1. The summed E-state index contributed by atoms with van der Waals surface area (Å²) >= 11 is 0. The van der Waals surface area contributed by atoms with Crippen molar-refractivity contribution < 1.29 is 24.1 Å². The summed E-state index contributed by atoms with van der Waals surface area (Å²) in [4.78, 5) is 11.4. The lowest BCUT2D eigenvalue weighted by Crippen LogP contribution is -2.13. The third-order valence-corrected chi connectivity index (χ3v) is 3.40. The van der Waals surface area contributed by atoms with Crippen LogP contribution in [0.3, 0.4) is 0 Å². The molecule has 0 saturated carbocycles. The van der Waals surface area contributed by atoms with Crippen LogP contribution in [0.2, 0.25) is 0 Å². The van der Waals surface area contributed by atoms with Crippen molar-refractivity contribution in [2.75, 3.05) is 26.4 Å². The van der Waals surface area contributed by atoms with Gasteiger partial charge in [-0.15, -0.1) is 0 Å². The number of aryl methyl sites for hydroxylation is 1. The van der Waals surface area contributed by atoms with E-state index < -0.39 is 5.97 Å². The Kier molecular flexibility index (Phi) is 6.21. The summed E-state index contributed by atoms with van der Waals surface area (Å²) in [6, 6.07) is 9.61. The summed E-state index contributed by atoms with van der Waals surface area (Å²) in [5.41, 5.74) is 1.27. The van der Waals surface area contributed by atoms with E-state index in [0.29, 0.717) is 11.3 Å². The first-order valence-electron chi connectivity index (χ1n) is 7.76. The molecule has 1 N–H and O–H groups in total. The molecular weight excluding hydrogens is 308 g/mol. The Morgan fingerprint density at radius 3 is 2.50 bits per heavy atom. The molecule has 2 rings (SSSR count). The zero-order chi connectivity index (χ0) is 17.5. The van der Waals surface area contributed by atoms with Crippen molar-refractivity contribution in [1.29, 1.82) is 0 Å². The van der Waals surface area contributed by atoms with Crippen molar-refractivity contribution in [3.63, 3.8) is 0 Å². The lowest BCUT2D eigenvalue weighted by Gasteiger charge is -2.16. The average Bonchev–Trinajstić information content (AvgIpc) is 2.58. The maximum Gasteiger partial charge on any atom is 0.333 e. The van der Waals surface area contributed by atoms with Crippen LogP contribution in [0.4, 0.5) is 0 Å². The highest BCUT2D eigenvalue weighted by Crippen LogP contribution is 2.36. The highest BCUT2D eigenvalue weighted by molar-refractivity contribution is 5.94. The van der Waals surface area contributed by atoms with Crippen LogP contribution < -0.4 is 9.47 Å². The number of ether oxygens (including phenoxy) is 3. The summed E-state index contributed by atoms with van der Waals surface area (Å²) in [6.07, 6.45) is 0. The fraction of sp³-hybridized carbons (Fsp3) is 0.316. The summed E-state index contributed by atoms with van der Waals surface area (Å²) in [5.74, 6) is 1.01. The van der Waals surface area contributed by atoms with Gasteiger partial charge in [-0.3, -0.25) is 0 Å². The molecule has 2 aromatic rings. The molecule has 0 fully saturated rings. The van der Waals surface area contributed by atoms with Crippen molar-refractivity contribution in [3.05, 3.63) is 48.0 Å². The van der Waals surface area contributed by atoms with E-state index in [9.17, 15) is 4.79 Å². The van der Waals surface area contributed by atoms with Gasteiger partial charge >= 0.3 is 5.97 Å². The van der Waals surface area contributed by atoms with E-state index in [2.05, 4.69) is 6.58 Å². The van der Waals surface area contributed by atoms with Gasteiger partial charge in [-0.2, -0.15) is 0 Å². The Hall–Kier alpha value is -2.53. The highest BCUT2D eigenvalue weighted by Gasteiger charge is 2.12. The number of aliphatic hydroxyl groups excluding tert-OH is 1. The molecule has 0 heterocycles. The van der Waals surface area contributed by atoms with Crippen LogP contribution in [0, 0.1) is 6.92 Å². The Balaban J connectivity index is 2.17. The van der Waals surface area contributed by atoms with Gasteiger partial charge in [0.15, 0.2) is 0 Å². The molecule has 2 aromatic carbocycles. The van der Waals surface area contributed by atoms with E-state index >= 15 is 0 Å². The zero-order valence-corrected chi connectivity index (χ0v) is 14.0. The van der Waals surface area contributed by atoms with E-state index in [-0.39, 0.29) is 26.4 Å². The summed E-state index contributed by atoms with van der Waals surface area (Å²) in [5, 5.41) is 10.8. The van der Waals surface area contributed by atoms with E-state index in [4.69, 9.17) is 19.3 Å².